The monoisotopic (exact) mass is 476 g/mol. The van der Waals surface area contributed by atoms with Crippen molar-refractivity contribution in [2.75, 3.05) is 6.61 Å². The molecule has 35 heavy (non-hydrogen) atoms. The van der Waals surface area contributed by atoms with E-state index in [4.69, 9.17) is 19.2 Å². The molecular weight excluding hydrogens is 452 g/mol. The van der Waals surface area contributed by atoms with Gasteiger partial charge in [0, 0.05) is 24.3 Å². The third-order valence-electron chi connectivity index (χ3n) is 6.72. The molecule has 0 N–H and O–H groups in total. The molecule has 2 aliphatic heterocycles. The summed E-state index contributed by atoms with van der Waals surface area (Å²) in [5.74, 6) is -0.936. The van der Waals surface area contributed by atoms with Gasteiger partial charge in [-0.25, -0.2) is 4.98 Å². The minimum absolute atomic E-state index is 0.131. The highest BCUT2D eigenvalue weighted by atomic mass is 16.6. The van der Waals surface area contributed by atoms with E-state index in [1.165, 1.54) is 6.92 Å². The first-order valence-corrected chi connectivity index (χ1v) is 11.5. The lowest BCUT2D eigenvalue weighted by Gasteiger charge is -2.35. The number of rotatable bonds is 5. The van der Waals surface area contributed by atoms with Gasteiger partial charge in [0.05, 0.1) is 29.0 Å². The minimum atomic E-state index is -1.26. The fourth-order valence-corrected chi connectivity index (χ4v) is 4.81. The Morgan fingerprint density at radius 2 is 1.97 bits per heavy atom. The van der Waals surface area contributed by atoms with E-state index in [2.05, 4.69) is 0 Å². The summed E-state index contributed by atoms with van der Waals surface area (Å²) in [5, 5.41) is 0.779. The van der Waals surface area contributed by atoms with Gasteiger partial charge in [-0.05, 0) is 42.3 Å². The van der Waals surface area contributed by atoms with Crippen LogP contribution in [0.15, 0.2) is 35.1 Å². The number of hydrogen-bond donors (Lipinski definition) is 0. The van der Waals surface area contributed by atoms with Gasteiger partial charge in [0.15, 0.2) is 0 Å². The Morgan fingerprint density at radius 1 is 1.17 bits per heavy atom. The second-order valence-electron chi connectivity index (χ2n) is 8.78. The first kappa shape index (κ1) is 22.8. The summed E-state index contributed by atoms with van der Waals surface area (Å²) in [5.41, 5.74) is 2.16. The van der Waals surface area contributed by atoms with Crippen molar-refractivity contribution in [3.05, 3.63) is 57.4 Å². The normalized spacial score (nSPS) is 17.9. The number of esters is 3. The Hall–Kier alpha value is -4.01. The van der Waals surface area contributed by atoms with Gasteiger partial charge >= 0.3 is 17.9 Å². The molecule has 3 aromatic rings. The number of aromatic nitrogens is 2. The van der Waals surface area contributed by atoms with Crippen LogP contribution in [0, 0.1) is 0 Å². The van der Waals surface area contributed by atoms with E-state index in [1.807, 2.05) is 12.1 Å². The zero-order valence-corrected chi connectivity index (χ0v) is 19.7. The molecule has 0 unspecified atom stereocenters. The zero-order chi connectivity index (χ0) is 24.9. The van der Waals surface area contributed by atoms with E-state index in [1.54, 1.807) is 36.6 Å². The molecule has 0 fully saturated rings. The first-order valence-electron chi connectivity index (χ1n) is 11.5. The summed E-state index contributed by atoms with van der Waals surface area (Å²) >= 11 is 0. The van der Waals surface area contributed by atoms with Crippen LogP contribution in [0.2, 0.25) is 0 Å². The molecule has 2 aromatic heterocycles. The highest BCUT2D eigenvalue weighted by Crippen LogP contribution is 2.40. The van der Waals surface area contributed by atoms with Crippen molar-refractivity contribution in [2.45, 2.75) is 52.2 Å². The highest BCUT2D eigenvalue weighted by Gasteiger charge is 2.48. The maximum atomic E-state index is 13.5. The van der Waals surface area contributed by atoms with E-state index < -0.39 is 23.3 Å². The molecule has 1 aromatic carbocycles. The first-order chi connectivity index (χ1) is 16.8. The maximum Gasteiger partial charge on any atom is 0.320 e. The molecule has 0 saturated heterocycles. The van der Waals surface area contributed by atoms with Gasteiger partial charge in [0.1, 0.15) is 24.4 Å². The van der Waals surface area contributed by atoms with Crippen molar-refractivity contribution >= 4 is 28.8 Å². The van der Waals surface area contributed by atoms with E-state index >= 15 is 0 Å². The number of fused-ring (bicyclic) bond motifs is 5. The topological polar surface area (TPSA) is 114 Å². The number of pyridine rings is 2. The van der Waals surface area contributed by atoms with Crippen molar-refractivity contribution in [2.24, 2.45) is 0 Å². The lowest BCUT2D eigenvalue weighted by atomic mass is 9.75. The Bertz CT molecular complexity index is 1470. The summed E-state index contributed by atoms with van der Waals surface area (Å²) in [7, 11) is 0. The predicted molar refractivity (Wildman–Crippen MR) is 125 cm³/mol. The summed E-state index contributed by atoms with van der Waals surface area (Å²) in [6.45, 7) is 4.81. The Kier molecular flexibility index (Phi) is 5.42. The molecule has 0 radical (unpaired) electrons. The molecule has 0 spiro atoms. The molecule has 1 atom stereocenters. The van der Waals surface area contributed by atoms with Crippen LogP contribution in [-0.4, -0.2) is 34.1 Å². The summed E-state index contributed by atoms with van der Waals surface area (Å²) < 4.78 is 17.6. The van der Waals surface area contributed by atoms with Gasteiger partial charge in [0.25, 0.3) is 5.56 Å². The molecular formula is C26H24N2O7. The number of carbonyl (C=O) groups excluding carboxylic acids is 3. The molecule has 9 heteroatoms. The van der Waals surface area contributed by atoms with E-state index in [0.29, 0.717) is 46.7 Å². The molecule has 2 aliphatic rings. The maximum absolute atomic E-state index is 13.5. The Morgan fingerprint density at radius 3 is 2.69 bits per heavy atom. The SMILES string of the molecule is CCC(=O)OC[C@]1(CC)C(=O)OCc2c1cc1n(c2=O)Cc2cc3cc(OC(C)=O)ccc3nc2-1. The number of carbonyl (C=O) groups is 3. The van der Waals surface area contributed by atoms with Crippen LogP contribution in [0.1, 0.15) is 50.3 Å². The fraction of sp³-hybridized carbons (Fsp3) is 0.346. The van der Waals surface area contributed by atoms with Crippen LogP contribution in [0.3, 0.4) is 0 Å². The third-order valence-corrected chi connectivity index (χ3v) is 6.72. The van der Waals surface area contributed by atoms with Gasteiger partial charge < -0.3 is 18.8 Å². The molecule has 0 saturated carbocycles. The lowest BCUT2D eigenvalue weighted by Crippen LogP contribution is -2.48. The van der Waals surface area contributed by atoms with Crippen LogP contribution in [-0.2, 0) is 42.4 Å². The van der Waals surface area contributed by atoms with E-state index in [0.717, 1.165) is 10.9 Å². The van der Waals surface area contributed by atoms with Crippen LogP contribution in [0.4, 0.5) is 0 Å². The second-order valence-corrected chi connectivity index (χ2v) is 8.78. The van der Waals surface area contributed by atoms with Crippen molar-refractivity contribution in [3.8, 4) is 17.1 Å². The number of ether oxygens (including phenoxy) is 3. The van der Waals surface area contributed by atoms with Gasteiger partial charge in [-0.2, -0.15) is 0 Å². The van der Waals surface area contributed by atoms with Gasteiger partial charge in [-0.3, -0.25) is 19.2 Å². The van der Waals surface area contributed by atoms with Crippen LogP contribution in [0.5, 0.6) is 5.75 Å². The van der Waals surface area contributed by atoms with Gasteiger partial charge in [-0.1, -0.05) is 13.8 Å². The molecule has 180 valence electrons. The minimum Gasteiger partial charge on any atom is -0.464 e. The lowest BCUT2D eigenvalue weighted by molar-refractivity contribution is -0.161. The number of cyclic esters (lactones) is 1. The van der Waals surface area contributed by atoms with Crippen molar-refractivity contribution in [3.63, 3.8) is 0 Å². The zero-order valence-electron chi connectivity index (χ0n) is 19.7. The quantitative estimate of drug-likeness (QED) is 0.319. The van der Waals surface area contributed by atoms with E-state index in [-0.39, 0.29) is 25.2 Å². The number of hydrogen-bond acceptors (Lipinski definition) is 8. The molecule has 0 aliphatic carbocycles. The Labute approximate surface area is 200 Å². The van der Waals surface area contributed by atoms with E-state index in [9.17, 15) is 19.2 Å². The average molecular weight is 476 g/mol. The van der Waals surface area contributed by atoms with Crippen molar-refractivity contribution in [1.29, 1.82) is 0 Å². The largest absolute Gasteiger partial charge is 0.464 e. The summed E-state index contributed by atoms with van der Waals surface area (Å²) in [4.78, 5) is 54.5. The second kappa shape index (κ2) is 8.33. The molecule has 9 nitrogen and oxygen atoms in total. The third kappa shape index (κ3) is 3.58. The molecule has 5 rings (SSSR count). The Balaban J connectivity index is 1.65. The van der Waals surface area contributed by atoms with Gasteiger partial charge in [0.2, 0.25) is 0 Å². The average Bonchev–Trinajstić information content (AvgIpc) is 3.19. The number of benzene rings is 1. The van der Waals surface area contributed by atoms with Crippen LogP contribution in [0.25, 0.3) is 22.3 Å². The number of nitrogens with zero attached hydrogens (tertiary/aromatic N) is 2. The van der Waals surface area contributed by atoms with Crippen molar-refractivity contribution in [1.82, 2.24) is 9.55 Å². The fourth-order valence-electron chi connectivity index (χ4n) is 4.81. The van der Waals surface area contributed by atoms with Gasteiger partial charge in [-0.15, -0.1) is 0 Å². The van der Waals surface area contributed by atoms with Crippen LogP contribution < -0.4 is 10.3 Å². The highest BCUT2D eigenvalue weighted by molar-refractivity contribution is 5.88. The van der Waals surface area contributed by atoms with Crippen LogP contribution >= 0.6 is 0 Å². The summed E-state index contributed by atoms with van der Waals surface area (Å²) in [6.07, 6.45) is 0.480. The smallest absolute Gasteiger partial charge is 0.320 e. The molecule has 4 heterocycles. The standard InChI is InChI=1S/C26H24N2O7/c1-4-22(30)34-13-26(5-2)19-10-21-23-16(11-28(21)24(31)18(19)12-33-25(26)32)8-15-9-17(35-14(3)29)6-7-20(15)27-23/h6-10H,4-5,11-13H2,1-3H3/t26-/m0/s1. The molecule has 0 amide bonds. The molecule has 0 bridgehead atoms. The summed E-state index contributed by atoms with van der Waals surface area (Å²) in [6, 6.07) is 8.90. The predicted octanol–water partition coefficient (Wildman–Crippen LogP) is 3.01. The van der Waals surface area contributed by atoms with Crippen molar-refractivity contribution < 1.29 is 28.6 Å².